The zero-order valence-electron chi connectivity index (χ0n) is 19.4. The molecule has 0 aliphatic heterocycles. The Morgan fingerprint density at radius 2 is 1.24 bits per heavy atom. The van der Waals surface area contributed by atoms with Crippen molar-refractivity contribution in [2.24, 2.45) is 0 Å². The molecule has 3 heteroatoms. The van der Waals surface area contributed by atoms with Crippen LogP contribution in [0.15, 0.2) is 109 Å². The van der Waals surface area contributed by atoms with Crippen LogP contribution >= 0.6 is 17.0 Å². The van der Waals surface area contributed by atoms with Gasteiger partial charge in [-0.25, -0.2) is 0 Å². The summed E-state index contributed by atoms with van der Waals surface area (Å²) >= 11 is -0.826. The monoisotopic (exact) mass is 559 g/mol. The average molecular weight is 562 g/mol. The molecule has 0 heterocycles. The van der Waals surface area contributed by atoms with Crippen LogP contribution in [0, 0.1) is 0 Å². The van der Waals surface area contributed by atoms with Gasteiger partial charge in [0.1, 0.15) is 0 Å². The molecule has 0 bridgehead atoms. The summed E-state index contributed by atoms with van der Waals surface area (Å²) in [5.74, 6) is 0.560. The first-order valence-corrected chi connectivity index (χ1v) is 17.9. The molecule has 0 aromatic heterocycles. The van der Waals surface area contributed by atoms with E-state index in [9.17, 15) is 0 Å². The fraction of sp³-hybridized carbons (Fsp3) is 0.129. The van der Waals surface area contributed by atoms with E-state index in [1.807, 2.05) is 0 Å². The third-order valence-electron chi connectivity index (χ3n) is 6.46. The molecule has 0 saturated carbocycles. The third kappa shape index (κ3) is 5.44. The van der Waals surface area contributed by atoms with Crippen molar-refractivity contribution in [1.82, 2.24) is 0 Å². The van der Waals surface area contributed by atoms with E-state index in [1.165, 1.54) is 49.7 Å². The first kappa shape index (κ1) is 25.1. The van der Waals surface area contributed by atoms with Gasteiger partial charge in [-0.05, 0) is 33.7 Å². The van der Waals surface area contributed by atoms with Crippen molar-refractivity contribution in [1.29, 1.82) is 0 Å². The van der Waals surface area contributed by atoms with E-state index in [0.717, 1.165) is 6.42 Å². The molecule has 0 N–H and O–H groups in total. The molecule has 34 heavy (non-hydrogen) atoms. The summed E-state index contributed by atoms with van der Waals surface area (Å²) < 4.78 is 0. The van der Waals surface area contributed by atoms with Crippen LogP contribution in [0.3, 0.4) is 0 Å². The van der Waals surface area contributed by atoms with E-state index >= 15 is 0 Å². The second kappa shape index (κ2) is 12.1. The van der Waals surface area contributed by atoms with Crippen molar-refractivity contribution >= 4 is 27.8 Å². The van der Waals surface area contributed by atoms with Crippen LogP contribution in [0.25, 0.3) is 44.2 Å². The van der Waals surface area contributed by atoms with Crippen LogP contribution in [0.4, 0.5) is 0 Å². The van der Waals surface area contributed by atoms with Crippen molar-refractivity contribution in [3.8, 4) is 33.4 Å². The van der Waals surface area contributed by atoms with Gasteiger partial charge in [0, 0.05) is 0 Å². The van der Waals surface area contributed by atoms with Gasteiger partial charge in [0.05, 0.1) is 0 Å². The summed E-state index contributed by atoms with van der Waals surface area (Å²) in [5.41, 5.74) is 9.13. The standard InChI is InChI=1S/C31H27.2ClH.Zr/c1-3-22(2)26-20-25-18-19-28(24-14-8-5-9-15-24)31(30(25)21-26)29-17-11-10-16-27(29)23-12-6-4-7-13-23;;;/h4-22H,3H2,1-2H3;2*1H;/q-1;;;+2/p-2. The van der Waals surface area contributed by atoms with E-state index in [1.54, 1.807) is 0 Å². The molecule has 5 aromatic rings. The van der Waals surface area contributed by atoms with Crippen molar-refractivity contribution < 1.29 is 20.8 Å². The molecule has 0 amide bonds. The molecular weight excluding hydrogens is 534 g/mol. The van der Waals surface area contributed by atoms with Gasteiger partial charge in [-0.15, -0.1) is 28.5 Å². The second-order valence-electron chi connectivity index (χ2n) is 8.44. The zero-order chi connectivity index (χ0) is 23.9. The Kier molecular flexibility index (Phi) is 8.90. The van der Waals surface area contributed by atoms with E-state index in [4.69, 9.17) is 17.0 Å². The first-order chi connectivity index (χ1) is 16.7. The summed E-state index contributed by atoms with van der Waals surface area (Å²) in [7, 11) is 9.87. The van der Waals surface area contributed by atoms with Gasteiger partial charge >= 0.3 is 37.9 Å². The Bertz CT molecular complexity index is 1340. The van der Waals surface area contributed by atoms with Crippen molar-refractivity contribution in [2.45, 2.75) is 26.2 Å². The molecule has 5 aromatic carbocycles. The van der Waals surface area contributed by atoms with Crippen LogP contribution in [-0.2, 0) is 20.8 Å². The molecule has 5 rings (SSSR count). The summed E-state index contributed by atoms with van der Waals surface area (Å²) in [6, 6.07) is 39.7. The Morgan fingerprint density at radius 1 is 0.706 bits per heavy atom. The van der Waals surface area contributed by atoms with Gasteiger partial charge in [0.2, 0.25) is 0 Å². The van der Waals surface area contributed by atoms with Gasteiger partial charge in [0.25, 0.3) is 0 Å². The van der Waals surface area contributed by atoms with Crippen LogP contribution < -0.4 is 0 Å². The number of rotatable bonds is 5. The average Bonchev–Trinajstić information content (AvgIpc) is 3.34. The summed E-state index contributed by atoms with van der Waals surface area (Å²) in [4.78, 5) is 0. The maximum absolute atomic E-state index is 4.93. The molecule has 0 aliphatic carbocycles. The van der Waals surface area contributed by atoms with E-state index in [0.29, 0.717) is 5.92 Å². The topological polar surface area (TPSA) is 0 Å². The molecule has 170 valence electrons. The molecule has 0 fully saturated rings. The maximum atomic E-state index is 4.93. The number of halogens is 2. The molecule has 0 spiro atoms. The summed E-state index contributed by atoms with van der Waals surface area (Å²) in [6.45, 7) is 4.59. The van der Waals surface area contributed by atoms with E-state index < -0.39 is 20.8 Å². The summed E-state index contributed by atoms with van der Waals surface area (Å²) in [5, 5.41) is 2.67. The normalized spacial score (nSPS) is 11.5. The molecule has 1 atom stereocenters. The van der Waals surface area contributed by atoms with Crippen molar-refractivity contribution in [3.63, 3.8) is 0 Å². The molecule has 0 nitrogen and oxygen atoms in total. The fourth-order valence-corrected chi connectivity index (χ4v) is 4.54. The number of fused-ring (bicyclic) bond motifs is 1. The Morgan fingerprint density at radius 3 is 1.82 bits per heavy atom. The van der Waals surface area contributed by atoms with Crippen LogP contribution in [-0.4, -0.2) is 0 Å². The minimum absolute atomic E-state index is 0.560. The molecule has 0 saturated heterocycles. The van der Waals surface area contributed by atoms with Crippen LogP contribution in [0.5, 0.6) is 0 Å². The Labute approximate surface area is 221 Å². The quantitative estimate of drug-likeness (QED) is 0.187. The van der Waals surface area contributed by atoms with E-state index in [-0.39, 0.29) is 0 Å². The second-order valence-corrected chi connectivity index (χ2v) is 12.2. The van der Waals surface area contributed by atoms with E-state index in [2.05, 4.69) is 123 Å². The van der Waals surface area contributed by atoms with Gasteiger partial charge in [0.15, 0.2) is 0 Å². The predicted molar refractivity (Wildman–Crippen MR) is 146 cm³/mol. The molecule has 1 unspecified atom stereocenters. The van der Waals surface area contributed by atoms with Gasteiger partial charge in [-0.2, -0.15) is 6.07 Å². The number of benzene rings is 4. The minimum atomic E-state index is -0.826. The Hall–Kier alpha value is -2.05. The van der Waals surface area contributed by atoms with Gasteiger partial charge in [-0.3, -0.25) is 0 Å². The molecule has 0 aliphatic rings. The van der Waals surface area contributed by atoms with Crippen molar-refractivity contribution in [3.05, 3.63) is 115 Å². The van der Waals surface area contributed by atoms with Gasteiger partial charge < -0.3 is 0 Å². The SMILES string of the molecule is CCC(C)c1cc2c(-c3ccccc3-c3ccccc3)c(-c3ccccc3)ccc2[cH-]1.[Cl][Zr][Cl]. The Balaban J connectivity index is 0.000000868. The van der Waals surface area contributed by atoms with Gasteiger partial charge in [-0.1, -0.05) is 117 Å². The summed E-state index contributed by atoms with van der Waals surface area (Å²) in [6.07, 6.45) is 1.15. The van der Waals surface area contributed by atoms with Crippen LogP contribution in [0.1, 0.15) is 31.7 Å². The number of hydrogen-bond acceptors (Lipinski definition) is 0. The first-order valence-electron chi connectivity index (χ1n) is 11.6. The van der Waals surface area contributed by atoms with Crippen molar-refractivity contribution in [2.75, 3.05) is 0 Å². The van der Waals surface area contributed by atoms with Crippen LogP contribution in [0.2, 0.25) is 0 Å². The predicted octanol–water partition coefficient (Wildman–Crippen LogP) is 10.4. The molecule has 0 radical (unpaired) electrons. The molecular formula is C31H27Cl2Zr-. The zero-order valence-corrected chi connectivity index (χ0v) is 23.4. The third-order valence-corrected chi connectivity index (χ3v) is 6.46. The number of hydrogen-bond donors (Lipinski definition) is 0. The fourth-order valence-electron chi connectivity index (χ4n) is 4.54.